The fourth-order valence-electron chi connectivity index (χ4n) is 3.58. The Bertz CT molecular complexity index is 1130. The standard InChI is InChI=1S/C22H21N3O2S2/c1-13-8-9-18-16(10-13)11-19(29-18)21-24-25-22(27-21)28-12-17-14(2)26-20(23-17)15-6-4-3-5-7-15/h3-7,11,13H,8-10,12H2,1-2H3. The van der Waals surface area contributed by atoms with E-state index in [0.717, 1.165) is 40.7 Å². The zero-order valence-electron chi connectivity index (χ0n) is 16.3. The molecule has 1 aliphatic carbocycles. The Hall–Kier alpha value is -2.38. The number of rotatable bonds is 5. The first-order valence-corrected chi connectivity index (χ1v) is 11.6. The monoisotopic (exact) mass is 423 g/mol. The van der Waals surface area contributed by atoms with E-state index in [1.165, 1.54) is 28.6 Å². The van der Waals surface area contributed by atoms with Gasteiger partial charge in [-0.25, -0.2) is 4.98 Å². The van der Waals surface area contributed by atoms with Crippen LogP contribution in [0.25, 0.3) is 22.2 Å². The van der Waals surface area contributed by atoms with Crippen molar-refractivity contribution in [1.82, 2.24) is 15.2 Å². The van der Waals surface area contributed by atoms with Crippen LogP contribution in [0, 0.1) is 12.8 Å². The summed E-state index contributed by atoms with van der Waals surface area (Å²) < 4.78 is 11.7. The van der Waals surface area contributed by atoms with Crippen LogP contribution in [0.15, 0.2) is 50.5 Å². The van der Waals surface area contributed by atoms with Gasteiger partial charge in [0.15, 0.2) is 0 Å². The molecule has 0 bridgehead atoms. The molecule has 1 aromatic carbocycles. The Morgan fingerprint density at radius 2 is 2.00 bits per heavy atom. The Morgan fingerprint density at radius 1 is 1.14 bits per heavy atom. The first-order valence-electron chi connectivity index (χ1n) is 9.75. The molecule has 4 aromatic rings. The fourth-order valence-corrected chi connectivity index (χ4v) is 5.47. The van der Waals surface area contributed by atoms with E-state index in [-0.39, 0.29) is 0 Å². The van der Waals surface area contributed by atoms with E-state index in [2.05, 4.69) is 28.2 Å². The van der Waals surface area contributed by atoms with Crippen molar-refractivity contribution in [2.24, 2.45) is 5.92 Å². The van der Waals surface area contributed by atoms with E-state index in [0.29, 0.717) is 22.8 Å². The van der Waals surface area contributed by atoms with Crippen LogP contribution in [0.5, 0.6) is 0 Å². The molecule has 0 saturated heterocycles. The molecule has 5 rings (SSSR count). The van der Waals surface area contributed by atoms with Gasteiger partial charge in [0, 0.05) is 16.2 Å². The van der Waals surface area contributed by atoms with Crippen LogP contribution >= 0.6 is 23.1 Å². The topological polar surface area (TPSA) is 65.0 Å². The minimum absolute atomic E-state index is 0.559. The Balaban J connectivity index is 1.29. The third kappa shape index (κ3) is 3.89. The van der Waals surface area contributed by atoms with Crippen LogP contribution < -0.4 is 0 Å². The van der Waals surface area contributed by atoms with Crippen molar-refractivity contribution in [2.45, 2.75) is 44.1 Å². The largest absolute Gasteiger partial charge is 0.441 e. The number of aryl methyl sites for hydroxylation is 2. The molecule has 1 atom stereocenters. The highest BCUT2D eigenvalue weighted by molar-refractivity contribution is 7.98. The van der Waals surface area contributed by atoms with Crippen LogP contribution in [0.2, 0.25) is 0 Å². The third-order valence-corrected chi connectivity index (χ3v) is 7.25. The second-order valence-corrected chi connectivity index (χ2v) is 9.52. The van der Waals surface area contributed by atoms with Crippen LogP contribution in [-0.2, 0) is 18.6 Å². The third-order valence-electron chi connectivity index (χ3n) is 5.19. The van der Waals surface area contributed by atoms with Gasteiger partial charge in [0.25, 0.3) is 11.1 Å². The summed E-state index contributed by atoms with van der Waals surface area (Å²) in [6.07, 6.45) is 3.57. The van der Waals surface area contributed by atoms with Crippen molar-refractivity contribution in [3.05, 3.63) is 58.3 Å². The van der Waals surface area contributed by atoms with Gasteiger partial charge in [0.1, 0.15) is 5.76 Å². The predicted molar refractivity (Wildman–Crippen MR) is 115 cm³/mol. The quantitative estimate of drug-likeness (QED) is 0.357. The highest BCUT2D eigenvalue weighted by atomic mass is 32.2. The highest BCUT2D eigenvalue weighted by Crippen LogP contribution is 2.37. The summed E-state index contributed by atoms with van der Waals surface area (Å²) in [5.74, 6) is 3.45. The number of benzene rings is 1. The molecule has 3 aromatic heterocycles. The minimum Gasteiger partial charge on any atom is -0.441 e. The van der Waals surface area contributed by atoms with Crippen LogP contribution in [-0.4, -0.2) is 15.2 Å². The summed E-state index contributed by atoms with van der Waals surface area (Å²) in [5.41, 5.74) is 3.32. The highest BCUT2D eigenvalue weighted by Gasteiger charge is 2.21. The average molecular weight is 424 g/mol. The molecule has 1 unspecified atom stereocenters. The predicted octanol–water partition coefficient (Wildman–Crippen LogP) is 6.18. The number of thioether (sulfide) groups is 1. The maximum atomic E-state index is 5.92. The molecule has 3 heterocycles. The zero-order valence-corrected chi connectivity index (χ0v) is 18.0. The smallest absolute Gasteiger partial charge is 0.277 e. The molecule has 0 spiro atoms. The van der Waals surface area contributed by atoms with Crippen LogP contribution in [0.3, 0.4) is 0 Å². The van der Waals surface area contributed by atoms with Crippen molar-refractivity contribution in [2.75, 3.05) is 0 Å². The van der Waals surface area contributed by atoms with Crippen molar-refractivity contribution in [1.29, 1.82) is 0 Å². The van der Waals surface area contributed by atoms with E-state index >= 15 is 0 Å². The molecule has 29 heavy (non-hydrogen) atoms. The molecule has 5 nitrogen and oxygen atoms in total. The Labute approximate surface area is 177 Å². The first-order chi connectivity index (χ1) is 14.2. The summed E-state index contributed by atoms with van der Waals surface area (Å²) >= 11 is 3.28. The van der Waals surface area contributed by atoms with Crippen LogP contribution in [0.4, 0.5) is 0 Å². The van der Waals surface area contributed by atoms with Crippen molar-refractivity contribution in [3.63, 3.8) is 0 Å². The van der Waals surface area contributed by atoms with Gasteiger partial charge in [-0.1, -0.05) is 36.9 Å². The summed E-state index contributed by atoms with van der Waals surface area (Å²) in [5, 5.41) is 9.04. The lowest BCUT2D eigenvalue weighted by Crippen LogP contribution is -2.07. The molecule has 0 saturated carbocycles. The lowest BCUT2D eigenvalue weighted by Gasteiger charge is -2.16. The summed E-state index contributed by atoms with van der Waals surface area (Å²) in [7, 11) is 0. The molecule has 148 valence electrons. The van der Waals surface area contributed by atoms with Gasteiger partial charge in [-0.15, -0.1) is 21.5 Å². The molecule has 0 fully saturated rings. The number of oxazole rings is 1. The van der Waals surface area contributed by atoms with Gasteiger partial charge >= 0.3 is 0 Å². The normalized spacial score (nSPS) is 16.1. The average Bonchev–Trinajstić information content (AvgIpc) is 3.44. The van der Waals surface area contributed by atoms with E-state index in [4.69, 9.17) is 8.83 Å². The van der Waals surface area contributed by atoms with Crippen LogP contribution in [0.1, 0.15) is 35.2 Å². The second-order valence-electron chi connectivity index (χ2n) is 7.46. The minimum atomic E-state index is 0.559. The first kappa shape index (κ1) is 18.6. The zero-order chi connectivity index (χ0) is 19.8. The van der Waals surface area contributed by atoms with Gasteiger partial charge in [-0.05, 0) is 55.9 Å². The lowest BCUT2D eigenvalue weighted by molar-refractivity contribution is 0.466. The number of thiophene rings is 1. The second kappa shape index (κ2) is 7.80. The molecule has 0 N–H and O–H groups in total. The Kier molecular flexibility index (Phi) is 5.01. The number of nitrogens with zero attached hydrogens (tertiary/aromatic N) is 3. The summed E-state index contributed by atoms with van der Waals surface area (Å²) in [6.45, 7) is 4.25. The van der Waals surface area contributed by atoms with Gasteiger partial charge in [-0.3, -0.25) is 0 Å². The maximum Gasteiger partial charge on any atom is 0.277 e. The Morgan fingerprint density at radius 3 is 2.86 bits per heavy atom. The van der Waals surface area contributed by atoms with Crippen molar-refractivity contribution >= 4 is 23.1 Å². The number of hydrogen-bond donors (Lipinski definition) is 0. The molecule has 0 radical (unpaired) electrons. The SMILES string of the molecule is Cc1oc(-c2ccccc2)nc1CSc1nnc(-c2cc3c(s2)CCC(C)C3)o1. The van der Waals surface area contributed by atoms with Crippen molar-refractivity contribution in [3.8, 4) is 22.2 Å². The van der Waals surface area contributed by atoms with Gasteiger partial charge in [0.2, 0.25) is 5.89 Å². The fraction of sp³-hybridized carbons (Fsp3) is 0.318. The van der Waals surface area contributed by atoms with Gasteiger partial charge in [0.05, 0.1) is 10.6 Å². The van der Waals surface area contributed by atoms with Gasteiger partial charge in [-0.2, -0.15) is 0 Å². The lowest BCUT2D eigenvalue weighted by atomic mass is 9.90. The molecular formula is C22H21N3O2S2. The van der Waals surface area contributed by atoms with E-state index < -0.39 is 0 Å². The maximum absolute atomic E-state index is 5.92. The van der Waals surface area contributed by atoms with Gasteiger partial charge < -0.3 is 8.83 Å². The molecule has 7 heteroatoms. The van der Waals surface area contributed by atoms with E-state index in [1.807, 2.05) is 37.3 Å². The molecule has 0 aliphatic heterocycles. The number of hydrogen-bond acceptors (Lipinski definition) is 7. The van der Waals surface area contributed by atoms with E-state index in [9.17, 15) is 0 Å². The summed E-state index contributed by atoms with van der Waals surface area (Å²) in [4.78, 5) is 7.18. The van der Waals surface area contributed by atoms with Crippen molar-refractivity contribution < 1.29 is 8.83 Å². The van der Waals surface area contributed by atoms with E-state index in [1.54, 1.807) is 11.3 Å². The molecule has 0 amide bonds. The molecular weight excluding hydrogens is 402 g/mol. The number of aromatic nitrogens is 3. The molecule has 1 aliphatic rings. The summed E-state index contributed by atoms with van der Waals surface area (Å²) in [6, 6.07) is 12.2. The number of fused-ring (bicyclic) bond motifs is 1.